The molecule has 3 unspecified atom stereocenters. The zero-order valence-electron chi connectivity index (χ0n) is 15.3. The average Bonchev–Trinajstić information content (AvgIpc) is 3.09. The van der Waals surface area contributed by atoms with E-state index in [1.165, 1.54) is 28.0 Å². The van der Waals surface area contributed by atoms with E-state index in [4.69, 9.17) is 0 Å². The van der Waals surface area contributed by atoms with Crippen molar-refractivity contribution >= 4 is 106 Å². The molecule has 0 aliphatic carbocycles. The Kier molecular flexibility index (Phi) is 8.48. The smallest absolute Gasteiger partial charge is 0.327 e. The molecule has 12 heteroatoms. The van der Waals surface area contributed by atoms with E-state index in [1.54, 1.807) is 30.7 Å². The number of β-lactam (4-membered cyclic amide) rings is 1. The summed E-state index contributed by atoms with van der Waals surface area (Å²) in [5.74, 6) is -5.08. The number of carboxylic acids is 2. The summed E-state index contributed by atoms with van der Waals surface area (Å²) in [7, 11) is 0. The normalized spacial score (nSPS) is 25.9. The first-order valence-corrected chi connectivity index (χ1v) is 9.25. The molecule has 2 fully saturated rings. The minimum atomic E-state index is -1.40. The van der Waals surface area contributed by atoms with Crippen molar-refractivity contribution in [3.05, 3.63) is 22.4 Å². The standard InChI is InChI=1S/C15H16N2O6S2.2Na/c1-15(2)9(14(22)23)17-11(19)8(12(17)25-15)16-10(18)7(13(20)21)6-3-4-24-5-6;;/h3-5,7-9,12H,1-2H3,(H,16,18)(H,20,21)(H,22,23);;/t7-,8?,9?,12?;;/m1../s1. The van der Waals surface area contributed by atoms with Crippen LogP contribution in [-0.4, -0.2) is 120 Å². The SMILES string of the molecule is CC1(C)SC2C(NC(=O)[C@H](C(=O)O)c3ccsc3)C(=O)N2C1C(=O)O.[Na].[Na]. The van der Waals surface area contributed by atoms with E-state index in [0.29, 0.717) is 5.56 Å². The second-order valence-electron chi connectivity index (χ2n) is 6.41. The van der Waals surface area contributed by atoms with Gasteiger partial charge in [-0.15, -0.1) is 11.8 Å². The van der Waals surface area contributed by atoms with Crippen molar-refractivity contribution in [3.8, 4) is 0 Å². The molecule has 1 aromatic heterocycles. The summed E-state index contributed by atoms with van der Waals surface area (Å²) in [6.45, 7) is 3.46. The fourth-order valence-corrected chi connectivity index (χ4v) is 5.54. The second kappa shape index (κ2) is 9.17. The number of nitrogens with one attached hydrogen (secondary N) is 1. The second-order valence-corrected chi connectivity index (χ2v) is 8.96. The summed E-state index contributed by atoms with van der Waals surface area (Å²) in [5, 5.41) is 23.9. The van der Waals surface area contributed by atoms with Crippen molar-refractivity contribution in [3.63, 3.8) is 0 Å². The number of thioether (sulfide) groups is 1. The Morgan fingerprint density at radius 3 is 2.37 bits per heavy atom. The number of hydrogen-bond donors (Lipinski definition) is 3. The Labute approximate surface area is 208 Å². The molecule has 2 radical (unpaired) electrons. The third-order valence-electron chi connectivity index (χ3n) is 4.36. The Bertz CT molecular complexity index is 757. The molecule has 1 aromatic rings. The van der Waals surface area contributed by atoms with Gasteiger partial charge in [-0.05, 0) is 36.2 Å². The van der Waals surface area contributed by atoms with E-state index >= 15 is 0 Å². The molecule has 2 aliphatic heterocycles. The van der Waals surface area contributed by atoms with Crippen LogP contribution < -0.4 is 5.32 Å². The van der Waals surface area contributed by atoms with Crippen LogP contribution in [0.15, 0.2) is 16.8 Å². The Morgan fingerprint density at radius 2 is 1.89 bits per heavy atom. The Morgan fingerprint density at radius 1 is 1.26 bits per heavy atom. The molecule has 2 saturated heterocycles. The van der Waals surface area contributed by atoms with Gasteiger partial charge in [0, 0.05) is 63.9 Å². The van der Waals surface area contributed by atoms with Crippen molar-refractivity contribution in [2.45, 2.75) is 42.0 Å². The molecule has 27 heavy (non-hydrogen) atoms. The van der Waals surface area contributed by atoms with Gasteiger partial charge >= 0.3 is 11.9 Å². The number of hydrogen-bond acceptors (Lipinski definition) is 6. The van der Waals surface area contributed by atoms with Gasteiger partial charge < -0.3 is 20.4 Å². The van der Waals surface area contributed by atoms with Gasteiger partial charge in [0.15, 0.2) is 5.92 Å². The van der Waals surface area contributed by atoms with Crippen LogP contribution in [0, 0.1) is 0 Å². The predicted molar refractivity (Wildman–Crippen MR) is 102 cm³/mol. The van der Waals surface area contributed by atoms with Crippen molar-refractivity contribution in [1.82, 2.24) is 10.2 Å². The molecule has 0 bridgehead atoms. The van der Waals surface area contributed by atoms with Gasteiger partial charge in [-0.2, -0.15) is 11.3 Å². The van der Waals surface area contributed by atoms with Gasteiger partial charge in [0.2, 0.25) is 11.8 Å². The van der Waals surface area contributed by atoms with Gasteiger partial charge in [-0.1, -0.05) is 0 Å². The molecule has 8 nitrogen and oxygen atoms in total. The van der Waals surface area contributed by atoms with E-state index in [9.17, 15) is 29.4 Å². The molecule has 0 saturated carbocycles. The van der Waals surface area contributed by atoms with Crippen LogP contribution in [0.4, 0.5) is 0 Å². The van der Waals surface area contributed by atoms with Gasteiger partial charge in [0.1, 0.15) is 17.5 Å². The summed E-state index contributed by atoms with van der Waals surface area (Å²) < 4.78 is -0.703. The fourth-order valence-electron chi connectivity index (χ4n) is 3.23. The molecule has 0 aromatic carbocycles. The first-order valence-electron chi connectivity index (χ1n) is 7.43. The average molecular weight is 430 g/mol. The molecular formula is C15H16N2Na2O6S2. The Hall–Kier alpha value is -0.0700. The molecule has 136 valence electrons. The third kappa shape index (κ3) is 4.42. The van der Waals surface area contributed by atoms with Crippen molar-refractivity contribution in [1.29, 1.82) is 0 Å². The number of nitrogens with zero attached hydrogens (tertiary/aromatic N) is 1. The van der Waals surface area contributed by atoms with E-state index in [0.717, 1.165) is 0 Å². The monoisotopic (exact) mass is 430 g/mol. The van der Waals surface area contributed by atoms with E-state index in [1.807, 2.05) is 0 Å². The van der Waals surface area contributed by atoms with Gasteiger partial charge in [0.05, 0.1) is 0 Å². The van der Waals surface area contributed by atoms with Crippen molar-refractivity contribution in [2.75, 3.05) is 0 Å². The van der Waals surface area contributed by atoms with Crippen LogP contribution in [0.1, 0.15) is 25.3 Å². The van der Waals surface area contributed by atoms with Crippen LogP contribution in [-0.2, 0) is 19.2 Å². The molecule has 2 aliphatic rings. The molecule has 3 heterocycles. The maximum atomic E-state index is 12.4. The number of amides is 2. The predicted octanol–water partition coefficient (Wildman–Crippen LogP) is -0.214. The number of aliphatic carboxylic acids is 2. The molecule has 3 rings (SSSR count). The molecular weight excluding hydrogens is 414 g/mol. The summed E-state index contributed by atoms with van der Waals surface area (Å²) >= 11 is 2.56. The van der Waals surface area contributed by atoms with Crippen LogP contribution >= 0.6 is 23.1 Å². The summed E-state index contributed by atoms with van der Waals surface area (Å²) in [6.07, 6.45) is 0. The van der Waals surface area contributed by atoms with Crippen molar-refractivity contribution in [2.24, 2.45) is 0 Å². The zero-order valence-corrected chi connectivity index (χ0v) is 21.0. The summed E-state index contributed by atoms with van der Waals surface area (Å²) in [4.78, 5) is 48.9. The van der Waals surface area contributed by atoms with Crippen molar-refractivity contribution < 1.29 is 29.4 Å². The number of fused-ring (bicyclic) bond motifs is 1. The maximum absolute atomic E-state index is 12.4. The van der Waals surface area contributed by atoms with Gasteiger partial charge in [-0.25, -0.2) is 4.79 Å². The molecule has 0 spiro atoms. The first-order chi connectivity index (χ1) is 11.6. The van der Waals surface area contributed by atoms with Gasteiger partial charge in [-0.3, -0.25) is 14.4 Å². The summed E-state index contributed by atoms with van der Waals surface area (Å²) in [6, 6.07) is -0.344. The van der Waals surface area contributed by atoms with Gasteiger partial charge in [0.25, 0.3) is 0 Å². The quantitative estimate of drug-likeness (QED) is 0.335. The van der Waals surface area contributed by atoms with E-state index in [2.05, 4.69) is 5.32 Å². The number of carbonyl (C=O) groups is 4. The number of thiophene rings is 1. The minimum absolute atomic E-state index is 0. The maximum Gasteiger partial charge on any atom is 0.327 e. The Balaban J connectivity index is 0.00000182. The van der Waals surface area contributed by atoms with E-state index < -0.39 is 51.9 Å². The van der Waals surface area contributed by atoms with Crippen LogP contribution in [0.3, 0.4) is 0 Å². The number of rotatable bonds is 5. The summed E-state index contributed by atoms with van der Waals surface area (Å²) in [5.41, 5.74) is 0.349. The topological polar surface area (TPSA) is 124 Å². The zero-order chi connectivity index (χ0) is 18.5. The number of carboxylic acid groups (broad SMARTS) is 2. The minimum Gasteiger partial charge on any atom is -0.480 e. The van der Waals surface area contributed by atoms with E-state index in [-0.39, 0.29) is 59.1 Å². The fraction of sp³-hybridized carbons (Fsp3) is 0.467. The molecule has 4 atom stereocenters. The number of carbonyl (C=O) groups excluding carboxylic acids is 2. The molecule has 2 amide bonds. The largest absolute Gasteiger partial charge is 0.480 e. The third-order valence-corrected chi connectivity index (χ3v) is 6.63. The van der Waals surface area contributed by atoms with Crippen LogP contribution in [0.2, 0.25) is 0 Å². The molecule has 3 N–H and O–H groups in total. The first kappa shape index (κ1) is 25.0. The van der Waals surface area contributed by atoms with Crippen LogP contribution in [0.25, 0.3) is 0 Å². The van der Waals surface area contributed by atoms with Crippen LogP contribution in [0.5, 0.6) is 0 Å².